The second-order valence-corrected chi connectivity index (χ2v) is 6.25. The van der Waals surface area contributed by atoms with E-state index in [1.165, 1.54) is 44.1 Å². The Morgan fingerprint density at radius 3 is 2.58 bits per heavy atom. The van der Waals surface area contributed by atoms with Crippen LogP contribution in [0.15, 0.2) is 30.3 Å². The summed E-state index contributed by atoms with van der Waals surface area (Å²) in [7, 11) is 0. The highest BCUT2D eigenvalue weighted by atomic mass is 16.5. The average molecular weight is 260 g/mol. The maximum absolute atomic E-state index is 5.89. The van der Waals surface area contributed by atoms with Crippen molar-refractivity contribution in [3.8, 4) is 0 Å². The molecule has 3 atom stereocenters. The number of benzene rings is 1. The highest BCUT2D eigenvalue weighted by molar-refractivity contribution is 5.14. The van der Waals surface area contributed by atoms with Crippen LogP contribution in [0.25, 0.3) is 0 Å². The van der Waals surface area contributed by atoms with Crippen LogP contribution in [0.1, 0.15) is 51.5 Å². The maximum atomic E-state index is 5.89. The molecule has 3 unspecified atom stereocenters. The zero-order chi connectivity index (χ0) is 13.5. The zero-order valence-electron chi connectivity index (χ0n) is 12.5. The Kier molecular flexibility index (Phi) is 5.91. The third kappa shape index (κ3) is 4.99. The summed E-state index contributed by atoms with van der Waals surface area (Å²) >= 11 is 0. The van der Waals surface area contributed by atoms with Crippen LogP contribution in [-0.4, -0.2) is 12.7 Å². The molecule has 0 N–H and O–H groups in total. The van der Waals surface area contributed by atoms with E-state index in [9.17, 15) is 0 Å². The van der Waals surface area contributed by atoms with Gasteiger partial charge in [-0.25, -0.2) is 0 Å². The fraction of sp³-hybridized carbons (Fsp3) is 0.667. The van der Waals surface area contributed by atoms with E-state index in [1.54, 1.807) is 0 Å². The van der Waals surface area contributed by atoms with Crippen molar-refractivity contribution < 1.29 is 4.74 Å². The highest BCUT2D eigenvalue weighted by Crippen LogP contribution is 2.25. The van der Waals surface area contributed by atoms with Gasteiger partial charge in [0.15, 0.2) is 0 Å². The van der Waals surface area contributed by atoms with Crippen molar-refractivity contribution in [3.05, 3.63) is 35.9 Å². The van der Waals surface area contributed by atoms with Gasteiger partial charge in [0.05, 0.1) is 6.10 Å². The molecule has 1 heterocycles. The molecular formula is C18H28O. The quantitative estimate of drug-likeness (QED) is 0.710. The minimum atomic E-state index is 0.526. The lowest BCUT2D eigenvalue weighted by Crippen LogP contribution is -2.26. The van der Waals surface area contributed by atoms with E-state index in [1.807, 2.05) is 0 Å². The average Bonchev–Trinajstić information content (AvgIpc) is 2.47. The Morgan fingerprint density at radius 1 is 1.11 bits per heavy atom. The molecule has 1 saturated heterocycles. The summed E-state index contributed by atoms with van der Waals surface area (Å²) < 4.78 is 5.89. The van der Waals surface area contributed by atoms with Gasteiger partial charge in [0.2, 0.25) is 0 Å². The Balaban J connectivity index is 1.69. The van der Waals surface area contributed by atoms with Gasteiger partial charge >= 0.3 is 0 Å². The molecule has 1 aliphatic heterocycles. The summed E-state index contributed by atoms with van der Waals surface area (Å²) in [6.07, 6.45) is 8.24. The molecule has 2 rings (SSSR count). The molecule has 1 heteroatoms. The fourth-order valence-electron chi connectivity index (χ4n) is 3.07. The number of rotatable bonds is 6. The number of hydrogen-bond donors (Lipinski definition) is 0. The lowest BCUT2D eigenvalue weighted by molar-refractivity contribution is -0.0194. The van der Waals surface area contributed by atoms with Crippen molar-refractivity contribution in [1.82, 2.24) is 0 Å². The van der Waals surface area contributed by atoms with Crippen LogP contribution >= 0.6 is 0 Å². The molecule has 0 spiro atoms. The van der Waals surface area contributed by atoms with E-state index >= 15 is 0 Å². The molecular weight excluding hydrogens is 232 g/mol. The molecule has 1 aliphatic rings. The predicted octanol–water partition coefficient (Wildman–Crippen LogP) is 4.85. The molecule has 106 valence electrons. The van der Waals surface area contributed by atoms with Crippen molar-refractivity contribution in [2.75, 3.05) is 6.61 Å². The Bertz CT molecular complexity index is 340. The second kappa shape index (κ2) is 7.69. The Labute approximate surface area is 118 Å². The molecule has 0 aliphatic carbocycles. The van der Waals surface area contributed by atoms with Crippen molar-refractivity contribution >= 4 is 0 Å². The van der Waals surface area contributed by atoms with Crippen LogP contribution in [0.4, 0.5) is 0 Å². The van der Waals surface area contributed by atoms with Crippen LogP contribution in [0.3, 0.4) is 0 Å². The van der Waals surface area contributed by atoms with Gasteiger partial charge in [-0.05, 0) is 49.5 Å². The van der Waals surface area contributed by atoms with Crippen molar-refractivity contribution in [1.29, 1.82) is 0 Å². The monoisotopic (exact) mass is 260 g/mol. The molecule has 0 bridgehead atoms. The molecule has 0 radical (unpaired) electrons. The fourth-order valence-corrected chi connectivity index (χ4v) is 3.07. The number of ether oxygens (including phenoxy) is 1. The summed E-state index contributed by atoms with van der Waals surface area (Å²) in [5, 5.41) is 0. The van der Waals surface area contributed by atoms with Crippen molar-refractivity contribution in [2.45, 2.75) is 58.5 Å². The minimum Gasteiger partial charge on any atom is -0.378 e. The predicted molar refractivity (Wildman–Crippen MR) is 81.3 cm³/mol. The van der Waals surface area contributed by atoms with Gasteiger partial charge in [-0.3, -0.25) is 0 Å². The van der Waals surface area contributed by atoms with E-state index < -0.39 is 0 Å². The SMILES string of the molecule is CC(CCC(C)C1CCCCO1)Cc1ccccc1. The van der Waals surface area contributed by atoms with Crippen molar-refractivity contribution in [3.63, 3.8) is 0 Å². The van der Waals surface area contributed by atoms with Gasteiger partial charge in [-0.2, -0.15) is 0 Å². The molecule has 1 aromatic carbocycles. The maximum Gasteiger partial charge on any atom is 0.0600 e. The molecule has 19 heavy (non-hydrogen) atoms. The van der Waals surface area contributed by atoms with Crippen LogP contribution in [0.5, 0.6) is 0 Å². The van der Waals surface area contributed by atoms with Crippen LogP contribution in [-0.2, 0) is 11.2 Å². The van der Waals surface area contributed by atoms with E-state index in [0.717, 1.165) is 18.4 Å². The summed E-state index contributed by atoms with van der Waals surface area (Å²) in [6, 6.07) is 10.9. The smallest absolute Gasteiger partial charge is 0.0600 e. The van der Waals surface area contributed by atoms with E-state index in [2.05, 4.69) is 44.2 Å². The van der Waals surface area contributed by atoms with E-state index in [-0.39, 0.29) is 0 Å². The molecule has 0 aromatic heterocycles. The first-order valence-electron chi connectivity index (χ1n) is 7.91. The summed E-state index contributed by atoms with van der Waals surface area (Å²) in [5.41, 5.74) is 1.47. The molecule has 0 saturated carbocycles. The van der Waals surface area contributed by atoms with E-state index in [0.29, 0.717) is 6.10 Å². The van der Waals surface area contributed by atoms with Crippen LogP contribution in [0.2, 0.25) is 0 Å². The molecule has 1 aromatic rings. The highest BCUT2D eigenvalue weighted by Gasteiger charge is 2.21. The lowest BCUT2D eigenvalue weighted by atomic mass is 9.88. The summed E-state index contributed by atoms with van der Waals surface area (Å²) in [4.78, 5) is 0. The first-order chi connectivity index (χ1) is 9.25. The van der Waals surface area contributed by atoms with Crippen LogP contribution < -0.4 is 0 Å². The second-order valence-electron chi connectivity index (χ2n) is 6.25. The molecule has 1 fully saturated rings. The van der Waals surface area contributed by atoms with Gasteiger partial charge in [0.1, 0.15) is 0 Å². The van der Waals surface area contributed by atoms with Gasteiger partial charge in [-0.1, -0.05) is 50.6 Å². The normalized spacial score (nSPS) is 22.9. The first kappa shape index (κ1) is 14.6. The minimum absolute atomic E-state index is 0.526. The standard InChI is InChI=1S/C18H28O/c1-15(14-17-8-4-3-5-9-17)11-12-16(2)18-10-6-7-13-19-18/h3-5,8-9,15-16,18H,6-7,10-14H2,1-2H3. The van der Waals surface area contributed by atoms with E-state index in [4.69, 9.17) is 4.74 Å². The molecule has 0 amide bonds. The Hall–Kier alpha value is -0.820. The van der Waals surface area contributed by atoms with Crippen molar-refractivity contribution in [2.24, 2.45) is 11.8 Å². The molecule has 1 nitrogen and oxygen atoms in total. The van der Waals surface area contributed by atoms with Crippen LogP contribution in [0, 0.1) is 11.8 Å². The number of hydrogen-bond acceptors (Lipinski definition) is 1. The first-order valence-corrected chi connectivity index (χ1v) is 7.91. The van der Waals surface area contributed by atoms with Gasteiger partial charge < -0.3 is 4.74 Å². The van der Waals surface area contributed by atoms with Gasteiger partial charge in [-0.15, -0.1) is 0 Å². The largest absolute Gasteiger partial charge is 0.378 e. The summed E-state index contributed by atoms with van der Waals surface area (Å²) in [6.45, 7) is 5.72. The topological polar surface area (TPSA) is 9.23 Å². The Morgan fingerprint density at radius 2 is 1.89 bits per heavy atom. The third-order valence-electron chi connectivity index (χ3n) is 4.39. The third-order valence-corrected chi connectivity index (χ3v) is 4.39. The van der Waals surface area contributed by atoms with Gasteiger partial charge in [0, 0.05) is 6.61 Å². The zero-order valence-corrected chi connectivity index (χ0v) is 12.5. The van der Waals surface area contributed by atoms with Gasteiger partial charge in [0.25, 0.3) is 0 Å². The summed E-state index contributed by atoms with van der Waals surface area (Å²) in [5.74, 6) is 1.49. The lowest BCUT2D eigenvalue weighted by Gasteiger charge is -2.28.